The van der Waals surface area contributed by atoms with Crippen LogP contribution >= 0.6 is 11.8 Å². The lowest BCUT2D eigenvalue weighted by Gasteiger charge is -2.22. The first kappa shape index (κ1) is 11.3. The number of nitrogens with one attached hydrogen (secondary N) is 1. The number of hydrogen-bond donors (Lipinski definition) is 1. The highest BCUT2D eigenvalue weighted by atomic mass is 32.2. The molecule has 1 aliphatic carbocycles. The molecule has 0 amide bonds. The molecule has 2 nitrogen and oxygen atoms in total. The first-order valence-electron chi connectivity index (χ1n) is 6.10. The van der Waals surface area contributed by atoms with E-state index in [-0.39, 0.29) is 0 Å². The van der Waals surface area contributed by atoms with Gasteiger partial charge in [-0.05, 0) is 25.7 Å². The predicted molar refractivity (Wildman–Crippen MR) is 68.5 cm³/mol. The van der Waals surface area contributed by atoms with E-state index in [4.69, 9.17) is 4.99 Å². The zero-order valence-electron chi connectivity index (χ0n) is 10.0. The minimum Gasteiger partial charge on any atom is -0.359 e. The van der Waals surface area contributed by atoms with Gasteiger partial charge in [0, 0.05) is 11.3 Å². The molecular weight excluding hydrogens is 204 g/mol. The number of aliphatic imine (C=N–C) groups is 1. The normalized spacial score (nSPS) is 28.9. The van der Waals surface area contributed by atoms with Crippen molar-refractivity contribution in [1.29, 1.82) is 0 Å². The SMILES string of the molecule is CC(C)C(C)N=C1NC2(CCCC2)CS1. The van der Waals surface area contributed by atoms with Crippen molar-refractivity contribution in [2.75, 3.05) is 5.75 Å². The average molecular weight is 226 g/mol. The van der Waals surface area contributed by atoms with Gasteiger partial charge in [0.15, 0.2) is 5.17 Å². The number of amidine groups is 1. The fourth-order valence-electron chi connectivity index (χ4n) is 2.23. The quantitative estimate of drug-likeness (QED) is 0.782. The van der Waals surface area contributed by atoms with Gasteiger partial charge in [-0.15, -0.1) is 0 Å². The van der Waals surface area contributed by atoms with Crippen LogP contribution in [0.5, 0.6) is 0 Å². The third kappa shape index (κ3) is 2.49. The van der Waals surface area contributed by atoms with Crippen LogP contribution in [0.15, 0.2) is 4.99 Å². The van der Waals surface area contributed by atoms with E-state index in [9.17, 15) is 0 Å². The summed E-state index contributed by atoms with van der Waals surface area (Å²) in [6, 6.07) is 0.441. The lowest BCUT2D eigenvalue weighted by Crippen LogP contribution is -2.41. The highest BCUT2D eigenvalue weighted by Crippen LogP contribution is 2.37. The second kappa shape index (κ2) is 4.36. The van der Waals surface area contributed by atoms with Crippen molar-refractivity contribution >= 4 is 16.9 Å². The Morgan fingerprint density at radius 3 is 2.53 bits per heavy atom. The Hall–Kier alpha value is -0.180. The van der Waals surface area contributed by atoms with E-state index >= 15 is 0 Å². The summed E-state index contributed by atoms with van der Waals surface area (Å²) in [7, 11) is 0. The van der Waals surface area contributed by atoms with Gasteiger partial charge in [-0.3, -0.25) is 4.99 Å². The number of rotatable bonds is 2. The summed E-state index contributed by atoms with van der Waals surface area (Å²) < 4.78 is 0. The van der Waals surface area contributed by atoms with Crippen LogP contribution in [0.3, 0.4) is 0 Å². The van der Waals surface area contributed by atoms with Crippen LogP contribution in [0, 0.1) is 5.92 Å². The molecule has 3 heteroatoms. The van der Waals surface area contributed by atoms with Crippen LogP contribution in [0.4, 0.5) is 0 Å². The molecule has 2 aliphatic rings. The molecule has 1 saturated heterocycles. The summed E-state index contributed by atoms with van der Waals surface area (Å²) in [5, 5.41) is 4.86. The van der Waals surface area contributed by atoms with Gasteiger partial charge in [0.05, 0.1) is 6.04 Å². The van der Waals surface area contributed by atoms with Crippen molar-refractivity contribution in [3.05, 3.63) is 0 Å². The molecule has 1 N–H and O–H groups in total. The average Bonchev–Trinajstić information content (AvgIpc) is 2.78. The summed E-state index contributed by atoms with van der Waals surface area (Å²) in [4.78, 5) is 4.76. The molecule has 1 atom stereocenters. The maximum Gasteiger partial charge on any atom is 0.157 e. The number of thioether (sulfide) groups is 1. The van der Waals surface area contributed by atoms with E-state index in [1.807, 2.05) is 11.8 Å². The van der Waals surface area contributed by atoms with E-state index in [0.717, 1.165) is 0 Å². The zero-order chi connectivity index (χ0) is 10.9. The van der Waals surface area contributed by atoms with Crippen molar-refractivity contribution in [2.45, 2.75) is 58.0 Å². The second-order valence-corrected chi connectivity index (χ2v) is 6.28. The lowest BCUT2D eigenvalue weighted by atomic mass is 10.0. The van der Waals surface area contributed by atoms with Crippen LogP contribution in [0.1, 0.15) is 46.5 Å². The summed E-state index contributed by atoms with van der Waals surface area (Å²) in [6.07, 6.45) is 5.46. The van der Waals surface area contributed by atoms with Gasteiger partial charge in [-0.1, -0.05) is 38.5 Å². The van der Waals surface area contributed by atoms with E-state index in [2.05, 4.69) is 26.1 Å². The first-order chi connectivity index (χ1) is 7.11. The maximum atomic E-state index is 4.76. The molecule has 0 aromatic carbocycles. The highest BCUT2D eigenvalue weighted by Gasteiger charge is 2.39. The van der Waals surface area contributed by atoms with Crippen molar-refractivity contribution in [2.24, 2.45) is 10.9 Å². The summed E-state index contributed by atoms with van der Waals surface area (Å²) >= 11 is 1.92. The Morgan fingerprint density at radius 2 is 1.93 bits per heavy atom. The molecule has 0 radical (unpaired) electrons. The minimum atomic E-state index is 0.417. The molecule has 0 bridgehead atoms. The van der Waals surface area contributed by atoms with Gasteiger partial charge < -0.3 is 5.32 Å². The highest BCUT2D eigenvalue weighted by molar-refractivity contribution is 8.14. The van der Waals surface area contributed by atoms with Crippen LogP contribution < -0.4 is 5.32 Å². The van der Waals surface area contributed by atoms with Crippen molar-refractivity contribution in [1.82, 2.24) is 5.32 Å². The number of hydrogen-bond acceptors (Lipinski definition) is 2. The van der Waals surface area contributed by atoms with Crippen LogP contribution in [-0.4, -0.2) is 22.5 Å². The van der Waals surface area contributed by atoms with E-state index < -0.39 is 0 Å². The molecule has 0 aromatic rings. The Kier molecular flexibility index (Phi) is 3.29. The second-order valence-electron chi connectivity index (χ2n) is 5.32. The van der Waals surface area contributed by atoms with Crippen molar-refractivity contribution < 1.29 is 0 Å². The molecule has 1 heterocycles. The monoisotopic (exact) mass is 226 g/mol. The van der Waals surface area contributed by atoms with E-state index in [1.54, 1.807) is 0 Å². The smallest absolute Gasteiger partial charge is 0.157 e. The largest absolute Gasteiger partial charge is 0.359 e. The Labute approximate surface area is 97.3 Å². The Morgan fingerprint density at radius 1 is 1.27 bits per heavy atom. The van der Waals surface area contributed by atoms with Gasteiger partial charge >= 0.3 is 0 Å². The predicted octanol–water partition coefficient (Wildman–Crippen LogP) is 3.04. The standard InChI is InChI=1S/C12H22N2S/c1-9(2)10(3)13-11-14-12(8-15-11)6-4-5-7-12/h9-10H,4-8H2,1-3H3,(H,13,14). The van der Waals surface area contributed by atoms with Crippen molar-refractivity contribution in [3.8, 4) is 0 Å². The third-order valence-electron chi connectivity index (χ3n) is 3.70. The summed E-state index contributed by atoms with van der Waals surface area (Å²) in [5.41, 5.74) is 0.417. The molecule has 0 aromatic heterocycles. The fourth-order valence-corrected chi connectivity index (χ4v) is 3.53. The van der Waals surface area contributed by atoms with E-state index in [1.165, 1.54) is 36.6 Å². The molecule has 1 aliphatic heterocycles. The lowest BCUT2D eigenvalue weighted by molar-refractivity contribution is 0.449. The maximum absolute atomic E-state index is 4.76. The van der Waals surface area contributed by atoms with Gasteiger partial charge in [0.2, 0.25) is 0 Å². The molecule has 86 valence electrons. The minimum absolute atomic E-state index is 0.417. The Balaban J connectivity index is 1.97. The van der Waals surface area contributed by atoms with Gasteiger partial charge in [0.1, 0.15) is 0 Å². The molecule has 1 saturated carbocycles. The number of nitrogens with zero attached hydrogens (tertiary/aromatic N) is 1. The molecule has 1 unspecified atom stereocenters. The van der Waals surface area contributed by atoms with E-state index in [0.29, 0.717) is 17.5 Å². The molecule has 15 heavy (non-hydrogen) atoms. The zero-order valence-corrected chi connectivity index (χ0v) is 10.9. The van der Waals surface area contributed by atoms with Gasteiger partial charge in [-0.25, -0.2) is 0 Å². The molecule has 1 spiro atoms. The van der Waals surface area contributed by atoms with Gasteiger partial charge in [0.25, 0.3) is 0 Å². The topological polar surface area (TPSA) is 24.4 Å². The van der Waals surface area contributed by atoms with Gasteiger partial charge in [-0.2, -0.15) is 0 Å². The van der Waals surface area contributed by atoms with Crippen LogP contribution in [-0.2, 0) is 0 Å². The molecule has 2 fully saturated rings. The molecular formula is C12H22N2S. The first-order valence-corrected chi connectivity index (χ1v) is 7.09. The fraction of sp³-hybridized carbons (Fsp3) is 0.917. The van der Waals surface area contributed by atoms with Crippen LogP contribution in [0.2, 0.25) is 0 Å². The third-order valence-corrected chi connectivity index (χ3v) is 4.88. The summed E-state index contributed by atoms with van der Waals surface area (Å²) in [5.74, 6) is 1.87. The Bertz CT molecular complexity index is 254. The van der Waals surface area contributed by atoms with Crippen molar-refractivity contribution in [3.63, 3.8) is 0 Å². The molecule has 2 rings (SSSR count). The van der Waals surface area contributed by atoms with Crippen LogP contribution in [0.25, 0.3) is 0 Å². The summed E-state index contributed by atoms with van der Waals surface area (Å²) in [6.45, 7) is 6.68.